The zero-order chi connectivity index (χ0) is 11.7. The Kier molecular flexibility index (Phi) is 2.82. The van der Waals surface area contributed by atoms with Gasteiger partial charge in [0.2, 0.25) is 0 Å². The number of anilines is 1. The Morgan fingerprint density at radius 1 is 1.56 bits per heavy atom. The lowest BCUT2D eigenvalue weighted by atomic mass is 10.4. The highest BCUT2D eigenvalue weighted by atomic mass is 79.9. The molecule has 2 heterocycles. The molecule has 0 radical (unpaired) electrons. The fraction of sp³-hybridized carbons (Fsp3) is 0.200. The number of aromatic nitrogens is 2. The highest BCUT2D eigenvalue weighted by Gasteiger charge is 2.12. The molecule has 2 rings (SSSR count). The van der Waals surface area contributed by atoms with E-state index in [1.54, 1.807) is 29.9 Å². The van der Waals surface area contributed by atoms with Crippen LogP contribution in [0.1, 0.15) is 16.2 Å². The monoisotopic (exact) mass is 283 g/mol. The SMILES string of the molecule is Cc1cc(NC(=O)c2ccc(Br)o2)n(C)n1. The number of rotatable bonds is 2. The molecule has 1 N–H and O–H groups in total. The molecular formula is C10H10BrN3O2. The molecule has 0 spiro atoms. The number of furan rings is 1. The average Bonchev–Trinajstić information content (AvgIpc) is 2.74. The molecule has 0 unspecified atom stereocenters. The van der Waals surface area contributed by atoms with E-state index in [0.717, 1.165) is 5.69 Å². The minimum absolute atomic E-state index is 0.255. The zero-order valence-corrected chi connectivity index (χ0v) is 10.4. The lowest BCUT2D eigenvalue weighted by molar-refractivity contribution is 0.0994. The highest BCUT2D eigenvalue weighted by Crippen LogP contribution is 2.16. The van der Waals surface area contributed by atoms with Gasteiger partial charge in [0, 0.05) is 13.1 Å². The van der Waals surface area contributed by atoms with E-state index in [0.29, 0.717) is 10.5 Å². The largest absolute Gasteiger partial charge is 0.444 e. The second kappa shape index (κ2) is 4.13. The topological polar surface area (TPSA) is 60.1 Å². The summed E-state index contributed by atoms with van der Waals surface area (Å²) >= 11 is 3.14. The molecule has 2 aromatic heterocycles. The maximum atomic E-state index is 11.7. The molecule has 0 saturated carbocycles. The predicted molar refractivity (Wildman–Crippen MR) is 62.3 cm³/mol. The van der Waals surface area contributed by atoms with Crippen LogP contribution in [0.25, 0.3) is 0 Å². The van der Waals surface area contributed by atoms with Crippen LogP contribution in [0.2, 0.25) is 0 Å². The minimum Gasteiger partial charge on any atom is -0.444 e. The van der Waals surface area contributed by atoms with Crippen LogP contribution in [0, 0.1) is 6.92 Å². The van der Waals surface area contributed by atoms with Gasteiger partial charge in [0.15, 0.2) is 10.4 Å². The summed E-state index contributed by atoms with van der Waals surface area (Å²) in [5.41, 5.74) is 0.846. The second-order valence-electron chi connectivity index (χ2n) is 3.35. The van der Waals surface area contributed by atoms with E-state index in [2.05, 4.69) is 26.3 Å². The van der Waals surface area contributed by atoms with Gasteiger partial charge in [-0.15, -0.1) is 0 Å². The third kappa shape index (κ3) is 2.16. The van der Waals surface area contributed by atoms with Gasteiger partial charge in [-0.05, 0) is 35.0 Å². The Morgan fingerprint density at radius 3 is 2.81 bits per heavy atom. The second-order valence-corrected chi connectivity index (χ2v) is 4.13. The number of amides is 1. The lowest BCUT2D eigenvalue weighted by Gasteiger charge is -2.02. The molecule has 0 atom stereocenters. The summed E-state index contributed by atoms with van der Waals surface area (Å²) < 4.78 is 7.27. The molecule has 0 aromatic carbocycles. The molecule has 16 heavy (non-hydrogen) atoms. The number of nitrogens with one attached hydrogen (secondary N) is 1. The Labute approximate surface area is 101 Å². The van der Waals surface area contributed by atoms with Gasteiger partial charge in [-0.1, -0.05) is 0 Å². The van der Waals surface area contributed by atoms with Crippen molar-refractivity contribution in [2.24, 2.45) is 7.05 Å². The maximum Gasteiger partial charge on any atom is 0.292 e. The number of carbonyl (C=O) groups excluding carboxylic acids is 1. The van der Waals surface area contributed by atoms with Crippen molar-refractivity contribution in [3.63, 3.8) is 0 Å². The molecule has 2 aromatic rings. The first kappa shape index (κ1) is 10.9. The molecule has 0 bridgehead atoms. The van der Waals surface area contributed by atoms with Gasteiger partial charge in [0.1, 0.15) is 5.82 Å². The van der Waals surface area contributed by atoms with Crippen molar-refractivity contribution in [2.45, 2.75) is 6.92 Å². The van der Waals surface area contributed by atoms with Gasteiger partial charge in [-0.2, -0.15) is 5.10 Å². The van der Waals surface area contributed by atoms with E-state index in [4.69, 9.17) is 4.42 Å². The van der Waals surface area contributed by atoms with Crippen molar-refractivity contribution in [1.82, 2.24) is 9.78 Å². The van der Waals surface area contributed by atoms with Crippen LogP contribution in [-0.4, -0.2) is 15.7 Å². The summed E-state index contributed by atoms with van der Waals surface area (Å²) in [6.45, 7) is 1.86. The van der Waals surface area contributed by atoms with E-state index in [1.165, 1.54) is 0 Å². The van der Waals surface area contributed by atoms with Gasteiger partial charge in [0.25, 0.3) is 5.91 Å². The first-order valence-corrected chi connectivity index (χ1v) is 5.43. The van der Waals surface area contributed by atoms with E-state index in [-0.39, 0.29) is 11.7 Å². The fourth-order valence-corrected chi connectivity index (χ4v) is 1.65. The number of carbonyl (C=O) groups is 1. The molecule has 5 nitrogen and oxygen atoms in total. The molecule has 0 fully saturated rings. The van der Waals surface area contributed by atoms with Gasteiger partial charge in [-0.3, -0.25) is 9.48 Å². The molecular weight excluding hydrogens is 274 g/mol. The van der Waals surface area contributed by atoms with Gasteiger partial charge in [0.05, 0.1) is 5.69 Å². The third-order valence-corrected chi connectivity index (χ3v) is 2.47. The van der Waals surface area contributed by atoms with Gasteiger partial charge < -0.3 is 9.73 Å². The lowest BCUT2D eigenvalue weighted by Crippen LogP contribution is -2.13. The third-order valence-electron chi connectivity index (χ3n) is 2.04. The standard InChI is InChI=1S/C10H10BrN3O2/c1-6-5-9(14(2)13-6)12-10(15)7-3-4-8(11)16-7/h3-5H,1-2H3,(H,12,15). The minimum atomic E-state index is -0.297. The predicted octanol–water partition coefficient (Wildman–Crippen LogP) is 2.34. The summed E-state index contributed by atoms with van der Waals surface area (Å²) in [6.07, 6.45) is 0. The van der Waals surface area contributed by atoms with E-state index in [9.17, 15) is 4.79 Å². The van der Waals surface area contributed by atoms with Crippen LogP contribution < -0.4 is 5.32 Å². The number of halogens is 1. The number of aryl methyl sites for hydroxylation is 2. The molecule has 0 aliphatic heterocycles. The maximum absolute atomic E-state index is 11.7. The van der Waals surface area contributed by atoms with Crippen LogP contribution in [-0.2, 0) is 7.05 Å². The van der Waals surface area contributed by atoms with E-state index >= 15 is 0 Å². The van der Waals surface area contributed by atoms with E-state index in [1.807, 2.05) is 6.92 Å². The smallest absolute Gasteiger partial charge is 0.292 e. The Morgan fingerprint density at radius 2 is 2.31 bits per heavy atom. The summed E-state index contributed by atoms with van der Waals surface area (Å²) in [7, 11) is 1.76. The summed E-state index contributed by atoms with van der Waals surface area (Å²) in [5, 5.41) is 6.83. The number of hydrogen-bond donors (Lipinski definition) is 1. The van der Waals surface area contributed by atoms with Crippen LogP contribution in [0.5, 0.6) is 0 Å². The van der Waals surface area contributed by atoms with Crippen LogP contribution in [0.3, 0.4) is 0 Å². The summed E-state index contributed by atoms with van der Waals surface area (Å²) in [5.74, 6) is 0.592. The van der Waals surface area contributed by atoms with Crippen LogP contribution >= 0.6 is 15.9 Å². The number of nitrogens with zero attached hydrogens (tertiary/aromatic N) is 2. The Balaban J connectivity index is 2.16. The first-order chi connectivity index (χ1) is 7.56. The molecule has 0 aliphatic carbocycles. The molecule has 84 valence electrons. The van der Waals surface area contributed by atoms with Crippen LogP contribution in [0.15, 0.2) is 27.3 Å². The van der Waals surface area contributed by atoms with Crippen molar-refractivity contribution in [3.05, 3.63) is 34.3 Å². The summed E-state index contributed by atoms with van der Waals surface area (Å²) in [6, 6.07) is 5.06. The molecule has 0 aliphatic rings. The van der Waals surface area contributed by atoms with Crippen molar-refractivity contribution in [2.75, 3.05) is 5.32 Å². The highest BCUT2D eigenvalue weighted by molar-refractivity contribution is 9.10. The quantitative estimate of drug-likeness (QED) is 0.920. The normalized spacial score (nSPS) is 10.4. The van der Waals surface area contributed by atoms with Crippen molar-refractivity contribution < 1.29 is 9.21 Å². The van der Waals surface area contributed by atoms with E-state index < -0.39 is 0 Å². The molecule has 0 saturated heterocycles. The van der Waals surface area contributed by atoms with Crippen molar-refractivity contribution >= 4 is 27.7 Å². The summed E-state index contributed by atoms with van der Waals surface area (Å²) in [4.78, 5) is 11.7. The zero-order valence-electron chi connectivity index (χ0n) is 8.82. The Bertz CT molecular complexity index is 530. The van der Waals surface area contributed by atoms with Crippen molar-refractivity contribution in [3.8, 4) is 0 Å². The van der Waals surface area contributed by atoms with Crippen molar-refractivity contribution in [1.29, 1.82) is 0 Å². The van der Waals surface area contributed by atoms with Crippen LogP contribution in [0.4, 0.5) is 5.82 Å². The van der Waals surface area contributed by atoms with Gasteiger partial charge in [-0.25, -0.2) is 0 Å². The Hall–Kier alpha value is -1.56. The van der Waals surface area contributed by atoms with Gasteiger partial charge >= 0.3 is 0 Å². The first-order valence-electron chi connectivity index (χ1n) is 4.63. The average molecular weight is 284 g/mol. The number of hydrogen-bond acceptors (Lipinski definition) is 3. The fourth-order valence-electron chi connectivity index (χ4n) is 1.34. The molecule has 6 heteroatoms. The molecule has 1 amide bonds.